The average Bonchev–Trinajstić information content (AvgIpc) is 3.44. The summed E-state index contributed by atoms with van der Waals surface area (Å²) in [7, 11) is 5.05. The van der Waals surface area contributed by atoms with Gasteiger partial charge >= 0.3 is 0 Å². The Morgan fingerprint density at radius 2 is 1.84 bits per heavy atom. The Kier molecular flexibility index (Phi) is 5.05. The molecule has 6 heteroatoms. The summed E-state index contributed by atoms with van der Waals surface area (Å²) in [6.07, 6.45) is 2.96. The summed E-state index contributed by atoms with van der Waals surface area (Å²) in [6.45, 7) is 2.35. The zero-order chi connectivity index (χ0) is 21.6. The molecule has 0 aliphatic carbocycles. The fourth-order valence-electron chi connectivity index (χ4n) is 6.14. The van der Waals surface area contributed by atoms with E-state index in [1.807, 2.05) is 35.2 Å². The van der Waals surface area contributed by atoms with Crippen molar-refractivity contribution in [3.63, 3.8) is 0 Å². The normalized spacial score (nSPS) is 27.3. The smallest absolute Gasteiger partial charge is 0.243 e. The molecule has 0 unspecified atom stereocenters. The predicted octanol–water partition coefficient (Wildman–Crippen LogP) is 3.65. The van der Waals surface area contributed by atoms with Crippen LogP contribution in [0, 0.1) is 5.92 Å². The third kappa shape index (κ3) is 2.99. The Morgan fingerprint density at radius 3 is 2.61 bits per heavy atom. The second-order valence-corrected chi connectivity index (χ2v) is 8.78. The Labute approximate surface area is 183 Å². The van der Waals surface area contributed by atoms with Crippen LogP contribution in [0.2, 0.25) is 0 Å². The van der Waals surface area contributed by atoms with Crippen molar-refractivity contribution in [1.82, 2.24) is 9.80 Å². The van der Waals surface area contributed by atoms with Crippen LogP contribution in [0.25, 0.3) is 0 Å². The van der Waals surface area contributed by atoms with E-state index in [0.717, 1.165) is 60.7 Å². The maximum Gasteiger partial charge on any atom is 0.243 e. The summed E-state index contributed by atoms with van der Waals surface area (Å²) < 4.78 is 16.6. The van der Waals surface area contributed by atoms with E-state index in [1.54, 1.807) is 21.3 Å². The van der Waals surface area contributed by atoms with Crippen LogP contribution in [-0.4, -0.2) is 55.7 Å². The first-order chi connectivity index (χ1) is 15.1. The number of carbonyl (C=O) groups is 1. The molecule has 3 atom stereocenters. The molecule has 0 radical (unpaired) electrons. The van der Waals surface area contributed by atoms with Crippen molar-refractivity contribution in [2.75, 3.05) is 34.4 Å². The topological polar surface area (TPSA) is 51.2 Å². The number of benzene rings is 2. The van der Waals surface area contributed by atoms with E-state index >= 15 is 0 Å². The molecule has 1 amide bonds. The first-order valence-corrected chi connectivity index (χ1v) is 11.0. The van der Waals surface area contributed by atoms with Crippen molar-refractivity contribution in [1.29, 1.82) is 0 Å². The molecule has 2 aromatic rings. The maximum atomic E-state index is 13.8. The highest BCUT2D eigenvalue weighted by molar-refractivity contribution is 5.90. The molecule has 31 heavy (non-hydrogen) atoms. The highest BCUT2D eigenvalue weighted by atomic mass is 16.5. The lowest BCUT2D eigenvalue weighted by Crippen LogP contribution is -2.49. The van der Waals surface area contributed by atoms with Gasteiger partial charge in [-0.3, -0.25) is 9.69 Å². The van der Waals surface area contributed by atoms with Crippen molar-refractivity contribution < 1.29 is 19.0 Å². The summed E-state index contributed by atoms with van der Waals surface area (Å²) in [5.74, 6) is 3.07. The average molecular weight is 423 g/mol. The Balaban J connectivity index is 1.44. The lowest BCUT2D eigenvalue weighted by atomic mass is 9.85. The molecule has 3 saturated heterocycles. The lowest BCUT2D eigenvalue weighted by Gasteiger charge is -2.34. The van der Waals surface area contributed by atoms with E-state index < -0.39 is 0 Å². The second kappa shape index (κ2) is 7.75. The summed E-state index contributed by atoms with van der Waals surface area (Å²) in [5, 5.41) is 0. The number of rotatable bonds is 6. The Morgan fingerprint density at radius 1 is 1.03 bits per heavy atom. The van der Waals surface area contributed by atoms with E-state index in [4.69, 9.17) is 14.2 Å². The Hall–Kier alpha value is -2.73. The van der Waals surface area contributed by atoms with Crippen molar-refractivity contribution in [2.24, 2.45) is 5.92 Å². The van der Waals surface area contributed by atoms with Crippen LogP contribution in [0.4, 0.5) is 0 Å². The van der Waals surface area contributed by atoms with Gasteiger partial charge in [-0.25, -0.2) is 0 Å². The van der Waals surface area contributed by atoms with Gasteiger partial charge in [-0.05, 0) is 37.9 Å². The van der Waals surface area contributed by atoms with E-state index in [2.05, 4.69) is 17.0 Å². The second-order valence-electron chi connectivity index (χ2n) is 8.78. The van der Waals surface area contributed by atoms with Crippen LogP contribution in [-0.2, 0) is 11.3 Å². The third-order valence-corrected chi connectivity index (χ3v) is 7.48. The van der Waals surface area contributed by atoms with Crippen molar-refractivity contribution in [2.45, 2.75) is 37.4 Å². The molecule has 6 nitrogen and oxygen atoms in total. The number of hydrogen-bond donors (Lipinski definition) is 0. The highest BCUT2D eigenvalue weighted by Crippen LogP contribution is 2.57. The van der Waals surface area contributed by atoms with Gasteiger partial charge in [-0.1, -0.05) is 24.3 Å². The molecule has 3 aliphatic heterocycles. The number of amides is 1. The molecule has 0 N–H and O–H groups in total. The zero-order valence-electron chi connectivity index (χ0n) is 18.5. The number of likely N-dealkylation sites (tertiary alicyclic amines) is 1. The van der Waals surface area contributed by atoms with Gasteiger partial charge in [0.2, 0.25) is 5.91 Å². The minimum Gasteiger partial charge on any atom is -0.497 e. The van der Waals surface area contributed by atoms with Crippen LogP contribution in [0.5, 0.6) is 17.2 Å². The molecular weight excluding hydrogens is 392 g/mol. The lowest BCUT2D eigenvalue weighted by molar-refractivity contribution is -0.137. The van der Waals surface area contributed by atoms with E-state index in [-0.39, 0.29) is 17.5 Å². The van der Waals surface area contributed by atoms with Crippen LogP contribution >= 0.6 is 0 Å². The van der Waals surface area contributed by atoms with Crippen LogP contribution in [0.3, 0.4) is 0 Å². The van der Waals surface area contributed by atoms with Crippen molar-refractivity contribution in [3.05, 3.63) is 53.6 Å². The van der Waals surface area contributed by atoms with Gasteiger partial charge in [0, 0.05) is 42.2 Å². The maximum absolute atomic E-state index is 13.8. The van der Waals surface area contributed by atoms with Gasteiger partial charge in [0.25, 0.3) is 0 Å². The van der Waals surface area contributed by atoms with E-state index in [1.165, 1.54) is 0 Å². The molecule has 1 spiro atoms. The molecule has 3 heterocycles. The molecule has 3 aliphatic rings. The van der Waals surface area contributed by atoms with Gasteiger partial charge in [-0.2, -0.15) is 0 Å². The molecule has 164 valence electrons. The first kappa shape index (κ1) is 20.2. The van der Waals surface area contributed by atoms with Gasteiger partial charge in [0.15, 0.2) is 0 Å². The van der Waals surface area contributed by atoms with E-state index in [0.29, 0.717) is 12.5 Å². The van der Waals surface area contributed by atoms with E-state index in [9.17, 15) is 4.79 Å². The monoisotopic (exact) mass is 422 g/mol. The van der Waals surface area contributed by atoms with Crippen molar-refractivity contribution in [3.8, 4) is 17.2 Å². The first-order valence-electron chi connectivity index (χ1n) is 11.0. The number of hydrogen-bond acceptors (Lipinski definition) is 5. The zero-order valence-corrected chi connectivity index (χ0v) is 18.5. The fraction of sp³-hybridized carbons (Fsp3) is 0.480. The summed E-state index contributed by atoms with van der Waals surface area (Å²) >= 11 is 0. The van der Waals surface area contributed by atoms with Crippen LogP contribution in [0.15, 0.2) is 42.5 Å². The van der Waals surface area contributed by atoms with Crippen LogP contribution in [0.1, 0.15) is 36.4 Å². The highest BCUT2D eigenvalue weighted by Gasteiger charge is 2.65. The van der Waals surface area contributed by atoms with Gasteiger partial charge < -0.3 is 19.1 Å². The summed E-state index contributed by atoms with van der Waals surface area (Å²) in [4.78, 5) is 18.3. The van der Waals surface area contributed by atoms with Crippen LogP contribution < -0.4 is 14.2 Å². The number of para-hydroxylation sites is 1. The SMILES string of the molecule is COc1ccc([C@@H]2C[C@H]3CN(Cc4ccccc4OC)C(=O)[C@]34CCCN24)c(OC)c1. The predicted molar refractivity (Wildman–Crippen MR) is 117 cm³/mol. The Bertz CT molecular complexity index is 993. The largest absolute Gasteiger partial charge is 0.497 e. The molecule has 2 aromatic carbocycles. The molecule has 0 saturated carbocycles. The minimum atomic E-state index is -0.377. The molecule has 5 rings (SSSR count). The molecule has 0 bridgehead atoms. The molecular formula is C25H30N2O4. The molecule has 0 aromatic heterocycles. The number of ether oxygens (including phenoxy) is 3. The van der Waals surface area contributed by atoms with Crippen molar-refractivity contribution >= 4 is 5.91 Å². The summed E-state index contributed by atoms with van der Waals surface area (Å²) in [5.41, 5.74) is 1.84. The number of carbonyl (C=O) groups excluding carboxylic acids is 1. The standard InChI is InChI=1S/C25H30N2O4/c1-29-19-9-10-20(23(14-19)31-3)21-13-18-16-26(15-17-7-4-5-8-22(17)30-2)24(28)25(18)11-6-12-27(21)25/h4-5,7-10,14,18,21H,6,11-13,15-16H2,1-3H3/t18-,21-,25-/m0/s1. The fourth-order valence-corrected chi connectivity index (χ4v) is 6.14. The number of nitrogens with zero attached hydrogens (tertiary/aromatic N) is 2. The number of methoxy groups -OCH3 is 3. The summed E-state index contributed by atoms with van der Waals surface area (Å²) in [6, 6.07) is 14.2. The minimum absolute atomic E-state index is 0.200. The quantitative estimate of drug-likeness (QED) is 0.711. The van der Waals surface area contributed by atoms with Gasteiger partial charge in [0.05, 0.1) is 21.3 Å². The van der Waals surface area contributed by atoms with Gasteiger partial charge in [-0.15, -0.1) is 0 Å². The molecule has 3 fully saturated rings. The van der Waals surface area contributed by atoms with Gasteiger partial charge in [0.1, 0.15) is 22.8 Å². The third-order valence-electron chi connectivity index (χ3n) is 7.48.